The SMILES string of the molecule is CCC(C(=O)Nc1cc(C)nn1-c1ncnc2c1cnn2-c1cccc(C)c1C)c1ccccc1. The predicted octanol–water partition coefficient (Wildman–Crippen LogP) is 5.06. The van der Waals surface area contributed by atoms with Crippen LogP contribution in [0.4, 0.5) is 5.82 Å². The van der Waals surface area contributed by atoms with E-state index in [4.69, 9.17) is 0 Å². The van der Waals surface area contributed by atoms with Crippen molar-refractivity contribution in [2.45, 2.75) is 40.0 Å². The normalized spacial score (nSPS) is 12.1. The molecular weight excluding hydrogens is 438 g/mol. The quantitative estimate of drug-likeness (QED) is 0.379. The van der Waals surface area contributed by atoms with Crippen LogP contribution in [-0.2, 0) is 4.79 Å². The first kappa shape index (κ1) is 22.5. The van der Waals surface area contributed by atoms with E-state index in [0.29, 0.717) is 23.7 Å². The predicted molar refractivity (Wildman–Crippen MR) is 136 cm³/mol. The van der Waals surface area contributed by atoms with Crippen LogP contribution in [0.2, 0.25) is 0 Å². The van der Waals surface area contributed by atoms with Gasteiger partial charge in [-0.15, -0.1) is 0 Å². The average molecular weight is 466 g/mol. The van der Waals surface area contributed by atoms with Gasteiger partial charge in [0.1, 0.15) is 12.1 Å². The number of anilines is 1. The number of hydrogen-bond acceptors (Lipinski definition) is 5. The molecule has 35 heavy (non-hydrogen) atoms. The van der Waals surface area contributed by atoms with Gasteiger partial charge >= 0.3 is 0 Å². The van der Waals surface area contributed by atoms with Crippen molar-refractivity contribution in [1.82, 2.24) is 29.5 Å². The Morgan fingerprint density at radius 2 is 1.80 bits per heavy atom. The summed E-state index contributed by atoms with van der Waals surface area (Å²) in [5.41, 5.74) is 5.69. The van der Waals surface area contributed by atoms with E-state index in [0.717, 1.165) is 27.9 Å². The number of benzene rings is 2. The molecule has 1 unspecified atom stereocenters. The number of hydrogen-bond donors (Lipinski definition) is 1. The molecule has 3 heterocycles. The Balaban J connectivity index is 1.55. The number of carbonyl (C=O) groups is 1. The summed E-state index contributed by atoms with van der Waals surface area (Å²) in [5, 5.41) is 13.1. The zero-order valence-corrected chi connectivity index (χ0v) is 20.2. The summed E-state index contributed by atoms with van der Waals surface area (Å²) in [5.74, 6) is 0.762. The third-order valence-corrected chi connectivity index (χ3v) is 6.36. The van der Waals surface area contributed by atoms with E-state index >= 15 is 0 Å². The molecule has 176 valence electrons. The van der Waals surface area contributed by atoms with Crippen molar-refractivity contribution in [3.63, 3.8) is 0 Å². The fraction of sp³-hybridized carbons (Fsp3) is 0.222. The van der Waals surface area contributed by atoms with E-state index in [-0.39, 0.29) is 11.8 Å². The summed E-state index contributed by atoms with van der Waals surface area (Å²) < 4.78 is 3.48. The number of aromatic nitrogens is 6. The van der Waals surface area contributed by atoms with Gasteiger partial charge in [-0.3, -0.25) is 4.79 Å². The third-order valence-electron chi connectivity index (χ3n) is 6.36. The number of carbonyl (C=O) groups excluding carboxylic acids is 1. The fourth-order valence-corrected chi connectivity index (χ4v) is 4.36. The number of nitrogens with zero attached hydrogens (tertiary/aromatic N) is 6. The Hall–Kier alpha value is -4.33. The summed E-state index contributed by atoms with van der Waals surface area (Å²) in [7, 11) is 0. The molecule has 2 aromatic carbocycles. The molecule has 8 heteroatoms. The minimum atomic E-state index is -0.266. The molecule has 0 spiro atoms. The molecule has 5 aromatic rings. The van der Waals surface area contributed by atoms with Gasteiger partial charge < -0.3 is 5.32 Å². The fourth-order valence-electron chi connectivity index (χ4n) is 4.36. The van der Waals surface area contributed by atoms with E-state index < -0.39 is 0 Å². The summed E-state index contributed by atoms with van der Waals surface area (Å²) in [4.78, 5) is 22.3. The Morgan fingerprint density at radius 1 is 1.00 bits per heavy atom. The van der Waals surface area contributed by atoms with Crippen molar-refractivity contribution in [3.8, 4) is 11.5 Å². The molecule has 0 saturated heterocycles. The molecule has 1 atom stereocenters. The highest BCUT2D eigenvalue weighted by Gasteiger charge is 2.22. The van der Waals surface area contributed by atoms with Gasteiger partial charge in [0.05, 0.1) is 28.9 Å². The highest BCUT2D eigenvalue weighted by atomic mass is 16.2. The van der Waals surface area contributed by atoms with Crippen molar-refractivity contribution >= 4 is 22.8 Å². The van der Waals surface area contributed by atoms with Crippen LogP contribution in [0.15, 0.2) is 67.1 Å². The van der Waals surface area contributed by atoms with Gasteiger partial charge in [0.25, 0.3) is 0 Å². The second kappa shape index (κ2) is 9.13. The highest BCUT2D eigenvalue weighted by molar-refractivity contribution is 5.96. The number of amides is 1. The maximum atomic E-state index is 13.3. The molecular formula is C27H27N7O. The van der Waals surface area contributed by atoms with Crippen LogP contribution in [-0.4, -0.2) is 35.4 Å². The van der Waals surface area contributed by atoms with E-state index in [1.165, 1.54) is 11.9 Å². The van der Waals surface area contributed by atoms with Crippen molar-refractivity contribution in [1.29, 1.82) is 0 Å². The van der Waals surface area contributed by atoms with Gasteiger partial charge in [0, 0.05) is 6.07 Å². The summed E-state index contributed by atoms with van der Waals surface area (Å²) in [6, 6.07) is 17.8. The van der Waals surface area contributed by atoms with Gasteiger partial charge in [0.2, 0.25) is 5.91 Å². The van der Waals surface area contributed by atoms with E-state index in [1.807, 2.05) is 67.1 Å². The van der Waals surface area contributed by atoms with Crippen LogP contribution < -0.4 is 5.32 Å². The molecule has 0 aliphatic heterocycles. The van der Waals surface area contributed by atoms with Crippen LogP contribution in [0.5, 0.6) is 0 Å². The lowest BCUT2D eigenvalue weighted by Gasteiger charge is -2.16. The van der Waals surface area contributed by atoms with Crippen LogP contribution in [0.25, 0.3) is 22.5 Å². The summed E-state index contributed by atoms with van der Waals surface area (Å²) in [6.07, 6.45) is 3.93. The summed E-state index contributed by atoms with van der Waals surface area (Å²) in [6.45, 7) is 8.04. The van der Waals surface area contributed by atoms with Crippen molar-refractivity contribution in [3.05, 3.63) is 89.5 Å². The third kappa shape index (κ3) is 4.07. The van der Waals surface area contributed by atoms with Crippen molar-refractivity contribution in [2.75, 3.05) is 5.32 Å². The second-order valence-electron chi connectivity index (χ2n) is 8.65. The Bertz CT molecular complexity index is 1520. The molecule has 0 bridgehead atoms. The van der Waals surface area contributed by atoms with Crippen LogP contribution in [0.3, 0.4) is 0 Å². The first-order chi connectivity index (χ1) is 17.0. The van der Waals surface area contributed by atoms with Crippen molar-refractivity contribution < 1.29 is 4.79 Å². The highest BCUT2D eigenvalue weighted by Crippen LogP contribution is 2.27. The van der Waals surface area contributed by atoms with Crippen LogP contribution in [0, 0.1) is 20.8 Å². The minimum absolute atomic E-state index is 0.0868. The lowest BCUT2D eigenvalue weighted by atomic mass is 9.96. The summed E-state index contributed by atoms with van der Waals surface area (Å²) >= 11 is 0. The molecule has 8 nitrogen and oxygen atoms in total. The molecule has 0 aliphatic rings. The molecule has 1 N–H and O–H groups in total. The molecule has 3 aromatic heterocycles. The molecule has 1 amide bonds. The van der Waals surface area contributed by atoms with Gasteiger partial charge in [-0.05, 0) is 49.9 Å². The average Bonchev–Trinajstić information content (AvgIpc) is 3.45. The Morgan fingerprint density at radius 3 is 2.57 bits per heavy atom. The maximum Gasteiger partial charge on any atom is 0.233 e. The zero-order chi connectivity index (χ0) is 24.5. The molecule has 0 aliphatic carbocycles. The van der Waals surface area contributed by atoms with E-state index in [2.05, 4.69) is 45.4 Å². The topological polar surface area (TPSA) is 90.5 Å². The minimum Gasteiger partial charge on any atom is -0.310 e. The van der Waals surface area contributed by atoms with Crippen LogP contribution >= 0.6 is 0 Å². The lowest BCUT2D eigenvalue weighted by molar-refractivity contribution is -0.117. The smallest absolute Gasteiger partial charge is 0.233 e. The van der Waals surface area contributed by atoms with Gasteiger partial charge in [0.15, 0.2) is 11.5 Å². The first-order valence-corrected chi connectivity index (χ1v) is 11.7. The Labute approximate surface area is 203 Å². The monoisotopic (exact) mass is 465 g/mol. The maximum absolute atomic E-state index is 13.3. The number of nitrogens with one attached hydrogen (secondary N) is 1. The number of fused-ring (bicyclic) bond motifs is 1. The van der Waals surface area contributed by atoms with Crippen LogP contribution in [0.1, 0.15) is 41.6 Å². The lowest BCUT2D eigenvalue weighted by Crippen LogP contribution is -2.22. The molecule has 5 rings (SSSR count). The number of rotatable bonds is 6. The van der Waals surface area contributed by atoms with E-state index in [1.54, 1.807) is 10.9 Å². The van der Waals surface area contributed by atoms with Crippen molar-refractivity contribution in [2.24, 2.45) is 0 Å². The van der Waals surface area contributed by atoms with Gasteiger partial charge in [-0.2, -0.15) is 14.9 Å². The van der Waals surface area contributed by atoms with E-state index in [9.17, 15) is 4.79 Å². The standard InChI is InChI=1S/C27H27N7O/c1-5-21(20-11-7-6-8-12-20)27(35)31-24-14-18(3)32-34(24)26-22-15-30-33(25(22)28-16-29-26)23-13-9-10-17(2)19(23)4/h6-16,21H,5H2,1-4H3,(H,31,35). The van der Waals surface area contributed by atoms with Gasteiger partial charge in [-0.1, -0.05) is 49.4 Å². The number of aryl methyl sites for hydroxylation is 2. The molecule has 0 saturated carbocycles. The second-order valence-corrected chi connectivity index (χ2v) is 8.65. The Kier molecular flexibility index (Phi) is 5.86. The first-order valence-electron chi connectivity index (χ1n) is 11.7. The zero-order valence-electron chi connectivity index (χ0n) is 20.2. The van der Waals surface area contributed by atoms with Gasteiger partial charge in [-0.25, -0.2) is 14.6 Å². The molecule has 0 radical (unpaired) electrons. The largest absolute Gasteiger partial charge is 0.310 e. The molecule has 0 fully saturated rings.